The molecule has 0 saturated carbocycles. The SMILES string of the molecule is CSc1ncc2c(n1)CCN(Cc1c(C)nn(-c3ccccc3)c1N1CCCCC1)C2. The van der Waals surface area contributed by atoms with Crippen molar-refractivity contribution in [3.63, 3.8) is 0 Å². The van der Waals surface area contributed by atoms with Crippen LogP contribution in [0.1, 0.15) is 41.8 Å². The van der Waals surface area contributed by atoms with E-state index in [9.17, 15) is 0 Å². The molecule has 31 heavy (non-hydrogen) atoms. The lowest BCUT2D eigenvalue weighted by Gasteiger charge is -2.32. The Hall–Kier alpha value is -2.38. The summed E-state index contributed by atoms with van der Waals surface area (Å²) in [5.41, 5.74) is 6.10. The van der Waals surface area contributed by atoms with Gasteiger partial charge in [0.2, 0.25) is 0 Å². The molecular weight excluding hydrogens is 404 g/mol. The van der Waals surface area contributed by atoms with E-state index < -0.39 is 0 Å². The van der Waals surface area contributed by atoms with E-state index in [0.29, 0.717) is 0 Å². The molecule has 162 valence electrons. The fourth-order valence-corrected chi connectivity index (χ4v) is 5.09. The van der Waals surface area contributed by atoms with Gasteiger partial charge in [-0.05, 0) is 44.6 Å². The van der Waals surface area contributed by atoms with Crippen molar-refractivity contribution >= 4 is 17.6 Å². The second kappa shape index (κ2) is 9.01. The van der Waals surface area contributed by atoms with Gasteiger partial charge in [0.1, 0.15) is 5.82 Å². The predicted molar refractivity (Wildman–Crippen MR) is 126 cm³/mol. The van der Waals surface area contributed by atoms with E-state index in [1.54, 1.807) is 11.8 Å². The van der Waals surface area contributed by atoms with Gasteiger partial charge >= 0.3 is 0 Å². The fraction of sp³-hybridized carbons (Fsp3) is 0.458. The maximum absolute atomic E-state index is 5.01. The Labute approximate surface area is 188 Å². The lowest BCUT2D eigenvalue weighted by molar-refractivity contribution is 0.241. The average molecular weight is 435 g/mol. The summed E-state index contributed by atoms with van der Waals surface area (Å²) in [5.74, 6) is 1.28. The van der Waals surface area contributed by atoms with Gasteiger partial charge in [-0.3, -0.25) is 4.90 Å². The molecule has 3 aromatic rings. The number of para-hydroxylation sites is 1. The minimum atomic E-state index is 0.875. The van der Waals surface area contributed by atoms with Crippen molar-refractivity contribution in [2.45, 2.75) is 50.9 Å². The molecule has 0 amide bonds. The van der Waals surface area contributed by atoms with Crippen molar-refractivity contribution in [3.8, 4) is 5.69 Å². The van der Waals surface area contributed by atoms with Crippen LogP contribution in [-0.2, 0) is 19.5 Å². The first-order chi connectivity index (χ1) is 15.2. The molecule has 0 N–H and O–H groups in total. The predicted octanol–water partition coefficient (Wildman–Crippen LogP) is 4.24. The minimum absolute atomic E-state index is 0.875. The van der Waals surface area contributed by atoms with Crippen LogP contribution in [0.15, 0.2) is 41.7 Å². The second-order valence-corrected chi connectivity index (χ2v) is 9.25. The first kappa shape index (κ1) is 20.5. The van der Waals surface area contributed by atoms with Crippen LogP contribution in [0.5, 0.6) is 0 Å². The number of aromatic nitrogens is 4. The van der Waals surface area contributed by atoms with Crippen LogP contribution in [0.25, 0.3) is 5.69 Å². The molecule has 1 saturated heterocycles. The lowest BCUT2D eigenvalue weighted by atomic mass is 10.1. The zero-order chi connectivity index (χ0) is 21.2. The first-order valence-electron chi connectivity index (χ1n) is 11.2. The van der Waals surface area contributed by atoms with Crippen LogP contribution < -0.4 is 4.90 Å². The van der Waals surface area contributed by atoms with Crippen molar-refractivity contribution in [2.75, 3.05) is 30.8 Å². The van der Waals surface area contributed by atoms with E-state index in [0.717, 1.165) is 55.7 Å². The number of fused-ring (bicyclic) bond motifs is 1. The highest BCUT2D eigenvalue weighted by Crippen LogP contribution is 2.32. The number of thioether (sulfide) groups is 1. The van der Waals surface area contributed by atoms with Gasteiger partial charge in [-0.2, -0.15) is 5.10 Å². The highest BCUT2D eigenvalue weighted by atomic mass is 32.2. The van der Waals surface area contributed by atoms with Crippen molar-refractivity contribution in [1.82, 2.24) is 24.6 Å². The Balaban J connectivity index is 1.46. The molecule has 5 rings (SSSR count). The molecule has 6 nitrogen and oxygen atoms in total. The van der Waals surface area contributed by atoms with Crippen molar-refractivity contribution in [2.24, 2.45) is 0 Å². The van der Waals surface area contributed by atoms with Crippen LogP contribution >= 0.6 is 11.8 Å². The quantitative estimate of drug-likeness (QED) is 0.442. The number of rotatable bonds is 5. The molecule has 2 aromatic heterocycles. The Morgan fingerprint density at radius 1 is 1.03 bits per heavy atom. The summed E-state index contributed by atoms with van der Waals surface area (Å²) in [7, 11) is 0. The summed E-state index contributed by atoms with van der Waals surface area (Å²) in [4.78, 5) is 14.3. The maximum atomic E-state index is 5.01. The lowest BCUT2D eigenvalue weighted by Crippen LogP contribution is -2.34. The van der Waals surface area contributed by atoms with Crippen LogP contribution in [0, 0.1) is 6.92 Å². The summed E-state index contributed by atoms with van der Waals surface area (Å²) >= 11 is 1.61. The molecule has 2 aliphatic heterocycles. The third-order valence-electron chi connectivity index (χ3n) is 6.37. The molecule has 4 heterocycles. The van der Waals surface area contributed by atoms with Gasteiger partial charge in [0.15, 0.2) is 5.16 Å². The highest BCUT2D eigenvalue weighted by molar-refractivity contribution is 7.98. The molecular formula is C24H30N6S. The highest BCUT2D eigenvalue weighted by Gasteiger charge is 2.26. The van der Waals surface area contributed by atoms with Crippen LogP contribution in [0.4, 0.5) is 5.82 Å². The third kappa shape index (κ3) is 4.21. The van der Waals surface area contributed by atoms with Gasteiger partial charge < -0.3 is 4.90 Å². The second-order valence-electron chi connectivity index (χ2n) is 8.47. The van der Waals surface area contributed by atoms with Crippen molar-refractivity contribution < 1.29 is 0 Å². The number of benzene rings is 1. The Morgan fingerprint density at radius 3 is 2.61 bits per heavy atom. The summed E-state index contributed by atoms with van der Waals surface area (Å²) in [6, 6.07) is 10.6. The monoisotopic (exact) mass is 434 g/mol. The Morgan fingerprint density at radius 2 is 1.84 bits per heavy atom. The molecule has 1 aromatic carbocycles. The average Bonchev–Trinajstić information content (AvgIpc) is 3.15. The van der Waals surface area contributed by atoms with Gasteiger partial charge in [-0.15, -0.1) is 0 Å². The Kier molecular flexibility index (Phi) is 5.96. The van der Waals surface area contributed by atoms with E-state index in [1.165, 1.54) is 41.9 Å². The van der Waals surface area contributed by atoms with Gasteiger partial charge in [-0.25, -0.2) is 14.6 Å². The van der Waals surface area contributed by atoms with Gasteiger partial charge in [-0.1, -0.05) is 30.0 Å². The summed E-state index contributed by atoms with van der Waals surface area (Å²) in [5, 5.41) is 5.88. The van der Waals surface area contributed by atoms with Gasteiger partial charge in [0, 0.05) is 56.5 Å². The fourth-order valence-electron chi connectivity index (χ4n) is 4.73. The largest absolute Gasteiger partial charge is 0.356 e. The van der Waals surface area contributed by atoms with E-state index in [1.807, 2.05) is 12.5 Å². The molecule has 2 aliphatic rings. The van der Waals surface area contributed by atoms with Crippen molar-refractivity contribution in [1.29, 1.82) is 0 Å². The number of aryl methyl sites for hydroxylation is 1. The molecule has 0 atom stereocenters. The summed E-state index contributed by atoms with van der Waals surface area (Å²) in [6.45, 7) is 7.22. The van der Waals surface area contributed by atoms with Crippen molar-refractivity contribution in [3.05, 3.63) is 59.0 Å². The van der Waals surface area contributed by atoms with E-state index in [4.69, 9.17) is 10.1 Å². The van der Waals surface area contributed by atoms with Crippen LogP contribution in [0.2, 0.25) is 0 Å². The number of piperidine rings is 1. The minimum Gasteiger partial charge on any atom is -0.356 e. The van der Waals surface area contributed by atoms with Gasteiger partial charge in [0.25, 0.3) is 0 Å². The smallest absolute Gasteiger partial charge is 0.187 e. The molecule has 0 bridgehead atoms. The Bertz CT molecular complexity index is 1040. The molecule has 0 spiro atoms. The normalized spacial score (nSPS) is 17.0. The van der Waals surface area contributed by atoms with Gasteiger partial charge in [0.05, 0.1) is 17.1 Å². The van der Waals surface area contributed by atoms with Crippen LogP contribution in [-0.4, -0.2) is 50.5 Å². The number of hydrogen-bond acceptors (Lipinski definition) is 6. The number of hydrogen-bond donors (Lipinski definition) is 0. The van der Waals surface area contributed by atoms with E-state index in [-0.39, 0.29) is 0 Å². The number of nitrogens with zero attached hydrogens (tertiary/aromatic N) is 6. The molecule has 1 fully saturated rings. The zero-order valence-electron chi connectivity index (χ0n) is 18.4. The molecule has 0 unspecified atom stereocenters. The first-order valence-corrected chi connectivity index (χ1v) is 12.5. The molecule has 0 radical (unpaired) electrons. The standard InChI is InChI=1S/C24H30N6S/c1-18-21(17-28-14-11-22-19(16-28)15-25-24(26-22)31-2)23(29-12-7-4-8-13-29)30(27-18)20-9-5-3-6-10-20/h3,5-6,9-10,15H,4,7-8,11-14,16-17H2,1-2H3. The zero-order valence-corrected chi connectivity index (χ0v) is 19.2. The van der Waals surface area contributed by atoms with Crippen LogP contribution in [0.3, 0.4) is 0 Å². The number of anilines is 1. The maximum Gasteiger partial charge on any atom is 0.187 e. The topological polar surface area (TPSA) is 50.1 Å². The third-order valence-corrected chi connectivity index (χ3v) is 6.93. The molecule has 7 heteroatoms. The molecule has 0 aliphatic carbocycles. The summed E-state index contributed by atoms with van der Waals surface area (Å²) < 4.78 is 2.17. The van der Waals surface area contributed by atoms with E-state index in [2.05, 4.69) is 56.7 Å². The van der Waals surface area contributed by atoms with E-state index >= 15 is 0 Å². The summed E-state index contributed by atoms with van der Waals surface area (Å²) in [6.07, 6.45) is 8.87.